The van der Waals surface area contributed by atoms with E-state index in [9.17, 15) is 8.42 Å². The molecule has 104 valence electrons. The lowest BCUT2D eigenvalue weighted by atomic mass is 10.2. The Bertz CT molecular complexity index is 705. The van der Waals surface area contributed by atoms with Gasteiger partial charge in [-0.25, -0.2) is 8.42 Å². The smallest absolute Gasteiger partial charge is 0.175 e. The van der Waals surface area contributed by atoms with E-state index in [0.717, 1.165) is 14.7 Å². The third-order valence-corrected chi connectivity index (χ3v) is 4.88. The first-order valence-electron chi connectivity index (χ1n) is 5.85. The van der Waals surface area contributed by atoms with Gasteiger partial charge in [0.05, 0.1) is 5.75 Å². The fourth-order valence-electron chi connectivity index (χ4n) is 1.62. The molecule has 2 rings (SSSR count). The summed E-state index contributed by atoms with van der Waals surface area (Å²) in [5.41, 5.74) is 1.59. The summed E-state index contributed by atoms with van der Waals surface area (Å²) in [6.45, 7) is 0. The average molecular weight is 419 g/mol. The molecule has 0 saturated heterocycles. The monoisotopic (exact) mass is 418 g/mol. The number of benzene rings is 2. The molecule has 0 atom stereocenters. The highest BCUT2D eigenvalue weighted by atomic mass is 127. The van der Waals surface area contributed by atoms with Gasteiger partial charge in [-0.05, 0) is 64.1 Å². The van der Waals surface area contributed by atoms with Crippen LogP contribution < -0.4 is 0 Å². The van der Waals surface area contributed by atoms with Crippen LogP contribution in [-0.4, -0.2) is 8.42 Å². The number of rotatable bonds is 4. The van der Waals surface area contributed by atoms with Crippen LogP contribution in [0.25, 0.3) is 6.08 Å². The first kappa shape index (κ1) is 15.5. The second kappa shape index (κ2) is 6.74. The summed E-state index contributed by atoms with van der Waals surface area (Å²) >= 11 is 7.97. The van der Waals surface area contributed by atoms with Crippen LogP contribution in [0.4, 0.5) is 0 Å². The van der Waals surface area contributed by atoms with Gasteiger partial charge in [0, 0.05) is 14.0 Å². The quantitative estimate of drug-likeness (QED) is 0.684. The van der Waals surface area contributed by atoms with Crippen molar-refractivity contribution in [3.8, 4) is 0 Å². The van der Waals surface area contributed by atoms with Crippen LogP contribution in [0.5, 0.6) is 0 Å². The summed E-state index contributed by atoms with van der Waals surface area (Å²) in [4.78, 5) is 0. The van der Waals surface area contributed by atoms with Crippen LogP contribution in [0.1, 0.15) is 11.1 Å². The zero-order chi connectivity index (χ0) is 14.6. The standard InChI is InChI=1S/C15H12ClIO2S/c16-14-5-1-12(2-6-14)9-10-20(18,19)11-13-3-7-15(17)8-4-13/h1-10H,11H2/b10-9+. The molecule has 0 aromatic heterocycles. The minimum Gasteiger partial charge on any atom is -0.224 e. The molecule has 0 saturated carbocycles. The molecular weight excluding hydrogens is 407 g/mol. The second-order valence-corrected chi connectivity index (χ2v) is 7.86. The van der Waals surface area contributed by atoms with Crippen molar-refractivity contribution in [2.75, 3.05) is 0 Å². The number of sulfone groups is 1. The molecule has 0 heterocycles. The van der Waals surface area contributed by atoms with E-state index in [-0.39, 0.29) is 5.75 Å². The Kier molecular flexibility index (Phi) is 5.23. The number of halogens is 2. The molecule has 0 bridgehead atoms. The molecule has 5 heteroatoms. The lowest BCUT2D eigenvalue weighted by Crippen LogP contribution is -1.99. The SMILES string of the molecule is O=S(=O)(/C=C/c1ccc(Cl)cc1)Cc1ccc(I)cc1. The first-order valence-corrected chi connectivity index (χ1v) is 9.03. The summed E-state index contributed by atoms with van der Waals surface area (Å²) in [6.07, 6.45) is 1.58. The maximum Gasteiger partial charge on any atom is 0.175 e. The zero-order valence-corrected chi connectivity index (χ0v) is 14.2. The van der Waals surface area contributed by atoms with Gasteiger partial charge in [-0.1, -0.05) is 35.9 Å². The molecule has 0 fully saturated rings. The van der Waals surface area contributed by atoms with Crippen molar-refractivity contribution in [2.24, 2.45) is 0 Å². The van der Waals surface area contributed by atoms with E-state index in [1.165, 1.54) is 5.41 Å². The molecule has 0 amide bonds. The Balaban J connectivity index is 2.11. The van der Waals surface area contributed by atoms with E-state index in [2.05, 4.69) is 22.6 Å². The Morgan fingerprint density at radius 3 is 2.20 bits per heavy atom. The van der Waals surface area contributed by atoms with Crippen LogP contribution in [0.15, 0.2) is 53.9 Å². The minimum atomic E-state index is -3.27. The van der Waals surface area contributed by atoms with Crippen LogP contribution in [-0.2, 0) is 15.6 Å². The number of hydrogen-bond acceptors (Lipinski definition) is 2. The van der Waals surface area contributed by atoms with Crippen LogP contribution >= 0.6 is 34.2 Å². The maximum atomic E-state index is 12.0. The molecule has 0 spiro atoms. The highest BCUT2D eigenvalue weighted by Crippen LogP contribution is 2.14. The third-order valence-electron chi connectivity index (χ3n) is 2.62. The van der Waals surface area contributed by atoms with Crippen LogP contribution in [0.3, 0.4) is 0 Å². The van der Waals surface area contributed by atoms with Crippen molar-refractivity contribution in [1.82, 2.24) is 0 Å². The molecule has 2 aromatic carbocycles. The second-order valence-electron chi connectivity index (χ2n) is 4.29. The van der Waals surface area contributed by atoms with Crippen molar-refractivity contribution in [3.63, 3.8) is 0 Å². The predicted octanol–water partition coefficient (Wildman–Crippen LogP) is 4.53. The molecule has 2 aromatic rings. The van der Waals surface area contributed by atoms with Crippen LogP contribution in [0, 0.1) is 3.57 Å². The van der Waals surface area contributed by atoms with Crippen molar-refractivity contribution >= 4 is 50.1 Å². The minimum absolute atomic E-state index is 0.00795. The van der Waals surface area contributed by atoms with E-state index in [0.29, 0.717) is 5.02 Å². The predicted molar refractivity (Wildman–Crippen MR) is 92.3 cm³/mol. The Morgan fingerprint density at radius 1 is 1.00 bits per heavy atom. The van der Waals surface area contributed by atoms with Crippen LogP contribution in [0.2, 0.25) is 5.02 Å². The fraction of sp³-hybridized carbons (Fsp3) is 0.0667. The van der Waals surface area contributed by atoms with Gasteiger partial charge >= 0.3 is 0 Å². The molecule has 2 nitrogen and oxygen atoms in total. The highest BCUT2D eigenvalue weighted by Gasteiger charge is 2.07. The Morgan fingerprint density at radius 2 is 1.60 bits per heavy atom. The zero-order valence-electron chi connectivity index (χ0n) is 10.5. The highest BCUT2D eigenvalue weighted by molar-refractivity contribution is 14.1. The van der Waals surface area contributed by atoms with Gasteiger partial charge in [0.25, 0.3) is 0 Å². The molecule has 0 aliphatic heterocycles. The largest absolute Gasteiger partial charge is 0.224 e. The number of hydrogen-bond donors (Lipinski definition) is 0. The fourth-order valence-corrected chi connectivity index (χ4v) is 3.22. The summed E-state index contributed by atoms with van der Waals surface area (Å²) in [6, 6.07) is 14.5. The molecule has 0 aliphatic rings. The molecular formula is C15H12ClIO2S. The van der Waals surface area contributed by atoms with Gasteiger partial charge < -0.3 is 0 Å². The van der Waals surface area contributed by atoms with Gasteiger partial charge in [-0.2, -0.15) is 0 Å². The normalized spacial score (nSPS) is 11.9. The molecule has 0 unspecified atom stereocenters. The third kappa shape index (κ3) is 4.92. The van der Waals surface area contributed by atoms with E-state index in [1.807, 2.05) is 24.3 Å². The summed E-state index contributed by atoms with van der Waals surface area (Å²) in [5, 5.41) is 1.87. The lowest BCUT2D eigenvalue weighted by molar-refractivity contribution is 0.604. The van der Waals surface area contributed by atoms with E-state index in [4.69, 9.17) is 11.6 Å². The average Bonchev–Trinajstić information content (AvgIpc) is 2.41. The Labute approximate surface area is 137 Å². The van der Waals surface area contributed by atoms with Crippen molar-refractivity contribution in [1.29, 1.82) is 0 Å². The topological polar surface area (TPSA) is 34.1 Å². The van der Waals surface area contributed by atoms with Crippen molar-refractivity contribution in [3.05, 3.63) is 73.7 Å². The molecule has 0 radical (unpaired) electrons. The van der Waals surface area contributed by atoms with E-state index < -0.39 is 9.84 Å². The molecule has 0 N–H and O–H groups in total. The molecule has 20 heavy (non-hydrogen) atoms. The summed E-state index contributed by atoms with van der Waals surface area (Å²) in [5.74, 6) is 0.00795. The first-order chi connectivity index (χ1) is 9.44. The van der Waals surface area contributed by atoms with Crippen molar-refractivity contribution < 1.29 is 8.42 Å². The molecule has 0 aliphatic carbocycles. The lowest BCUT2D eigenvalue weighted by Gasteiger charge is -2.00. The van der Waals surface area contributed by atoms with Gasteiger partial charge in [0.15, 0.2) is 9.84 Å². The van der Waals surface area contributed by atoms with Gasteiger partial charge in [0.2, 0.25) is 0 Å². The van der Waals surface area contributed by atoms with Gasteiger partial charge in [-0.3, -0.25) is 0 Å². The van der Waals surface area contributed by atoms with Crippen molar-refractivity contribution in [2.45, 2.75) is 5.75 Å². The van der Waals surface area contributed by atoms with E-state index in [1.54, 1.807) is 30.3 Å². The van der Waals surface area contributed by atoms with Gasteiger partial charge in [-0.15, -0.1) is 0 Å². The summed E-state index contributed by atoms with van der Waals surface area (Å²) < 4.78 is 25.1. The summed E-state index contributed by atoms with van der Waals surface area (Å²) in [7, 11) is -3.27. The maximum absolute atomic E-state index is 12.0. The van der Waals surface area contributed by atoms with Gasteiger partial charge in [0.1, 0.15) is 0 Å². The van der Waals surface area contributed by atoms with E-state index >= 15 is 0 Å². The Hall–Kier alpha value is -0.850.